The molecule has 2 N–H and O–H groups in total. The summed E-state index contributed by atoms with van der Waals surface area (Å²) in [5, 5.41) is 3.26. The molecule has 0 aromatic heterocycles. The highest BCUT2D eigenvalue weighted by Crippen LogP contribution is 2.11. The number of hydrogen-bond acceptors (Lipinski definition) is 4. The van der Waals surface area contributed by atoms with Crippen molar-refractivity contribution in [1.82, 2.24) is 10.0 Å². The fraction of sp³-hybridized carbons (Fsp3) is 0.538. The highest BCUT2D eigenvalue weighted by Gasteiger charge is 2.13. The fourth-order valence-electron chi connectivity index (χ4n) is 1.59. The van der Waals surface area contributed by atoms with Gasteiger partial charge >= 0.3 is 0 Å². The van der Waals surface area contributed by atoms with Crippen LogP contribution in [-0.2, 0) is 16.6 Å². The molecule has 0 amide bonds. The van der Waals surface area contributed by atoms with Gasteiger partial charge in [0.15, 0.2) is 0 Å². The molecule has 4 nitrogen and oxygen atoms in total. The fourth-order valence-corrected chi connectivity index (χ4v) is 3.13. The Labute approximate surface area is 120 Å². The molecule has 1 aromatic rings. The van der Waals surface area contributed by atoms with E-state index in [1.165, 1.54) is 0 Å². The van der Waals surface area contributed by atoms with Gasteiger partial charge in [0.05, 0.1) is 4.90 Å². The lowest BCUT2D eigenvalue weighted by Gasteiger charge is -2.08. The van der Waals surface area contributed by atoms with Crippen molar-refractivity contribution in [2.24, 2.45) is 0 Å². The number of benzene rings is 1. The molecule has 1 rings (SSSR count). The van der Waals surface area contributed by atoms with Crippen LogP contribution in [0.15, 0.2) is 29.2 Å². The quantitative estimate of drug-likeness (QED) is 0.683. The van der Waals surface area contributed by atoms with E-state index < -0.39 is 10.0 Å². The van der Waals surface area contributed by atoms with E-state index in [0.717, 1.165) is 24.3 Å². The Bertz CT molecular complexity index is 475. The summed E-state index contributed by atoms with van der Waals surface area (Å²) in [5.41, 5.74) is 0.987. The molecule has 0 heterocycles. The Balaban J connectivity index is 2.69. The second kappa shape index (κ2) is 8.58. The largest absolute Gasteiger partial charge is 0.313 e. The van der Waals surface area contributed by atoms with Crippen LogP contribution in [-0.4, -0.2) is 33.5 Å². The molecule has 0 unspecified atom stereocenters. The summed E-state index contributed by atoms with van der Waals surface area (Å²) in [6.07, 6.45) is 3.02. The Morgan fingerprint density at radius 3 is 2.74 bits per heavy atom. The molecule has 0 atom stereocenters. The van der Waals surface area contributed by atoms with Crippen molar-refractivity contribution in [3.8, 4) is 0 Å². The van der Waals surface area contributed by atoms with E-state index in [9.17, 15) is 8.42 Å². The normalized spacial score (nSPS) is 11.7. The van der Waals surface area contributed by atoms with Crippen LogP contribution in [0.3, 0.4) is 0 Å². The second-order valence-electron chi connectivity index (χ2n) is 4.21. The van der Waals surface area contributed by atoms with E-state index in [0.29, 0.717) is 18.0 Å². The molecule has 0 aliphatic heterocycles. The number of thioether (sulfide) groups is 1. The molecule has 108 valence electrons. The van der Waals surface area contributed by atoms with Crippen LogP contribution in [0.5, 0.6) is 0 Å². The molecule has 0 bridgehead atoms. The predicted octanol–water partition coefficient (Wildman–Crippen LogP) is 1.83. The van der Waals surface area contributed by atoms with E-state index in [1.807, 2.05) is 12.3 Å². The zero-order valence-corrected chi connectivity index (χ0v) is 13.1. The van der Waals surface area contributed by atoms with Gasteiger partial charge < -0.3 is 5.32 Å². The average Bonchev–Trinajstić information content (AvgIpc) is 2.40. The number of sulfonamides is 1. The number of hydrogen-bond donors (Lipinski definition) is 2. The van der Waals surface area contributed by atoms with Crippen molar-refractivity contribution >= 4 is 21.8 Å². The predicted molar refractivity (Wildman–Crippen MR) is 82.0 cm³/mol. The van der Waals surface area contributed by atoms with Gasteiger partial charge in [-0.1, -0.05) is 19.1 Å². The summed E-state index contributed by atoms with van der Waals surface area (Å²) in [6.45, 7) is 4.19. The van der Waals surface area contributed by atoms with Crippen LogP contribution in [0, 0.1) is 0 Å². The molecule has 0 spiro atoms. The zero-order chi connectivity index (χ0) is 14.1. The topological polar surface area (TPSA) is 58.2 Å². The lowest BCUT2D eigenvalue weighted by Crippen LogP contribution is -2.26. The average molecular weight is 302 g/mol. The highest BCUT2D eigenvalue weighted by atomic mass is 32.2. The highest BCUT2D eigenvalue weighted by molar-refractivity contribution is 7.98. The Hall–Kier alpha value is -0.560. The minimum absolute atomic E-state index is 0.337. The monoisotopic (exact) mass is 302 g/mol. The number of rotatable bonds is 9. The van der Waals surface area contributed by atoms with E-state index in [-0.39, 0.29) is 0 Å². The molecular weight excluding hydrogens is 280 g/mol. The third-order valence-electron chi connectivity index (χ3n) is 2.56. The standard InChI is InChI=1S/C13H22N2O2S2/c1-3-7-14-11-12-5-4-6-13(10-12)19(16,17)15-8-9-18-2/h4-6,10,14-15H,3,7-9,11H2,1-2H3. The smallest absolute Gasteiger partial charge is 0.240 e. The van der Waals surface area contributed by atoms with Gasteiger partial charge in [0.2, 0.25) is 10.0 Å². The summed E-state index contributed by atoms with van der Waals surface area (Å²) >= 11 is 1.62. The molecule has 19 heavy (non-hydrogen) atoms. The third-order valence-corrected chi connectivity index (χ3v) is 4.63. The van der Waals surface area contributed by atoms with Gasteiger partial charge in [0.25, 0.3) is 0 Å². The summed E-state index contributed by atoms with van der Waals surface area (Å²) in [7, 11) is -3.38. The van der Waals surface area contributed by atoms with Gasteiger partial charge in [0.1, 0.15) is 0 Å². The van der Waals surface area contributed by atoms with Gasteiger partial charge in [-0.2, -0.15) is 11.8 Å². The second-order valence-corrected chi connectivity index (χ2v) is 6.97. The van der Waals surface area contributed by atoms with Crippen molar-refractivity contribution in [3.63, 3.8) is 0 Å². The maximum Gasteiger partial charge on any atom is 0.240 e. The molecule has 1 aromatic carbocycles. The van der Waals surface area contributed by atoms with E-state index in [4.69, 9.17) is 0 Å². The summed E-state index contributed by atoms with van der Waals surface area (Å²) in [5.74, 6) is 0.775. The van der Waals surface area contributed by atoms with Crippen molar-refractivity contribution in [2.75, 3.05) is 25.1 Å². The van der Waals surface area contributed by atoms with Gasteiger partial charge in [-0.25, -0.2) is 13.1 Å². The Kier molecular flexibility index (Phi) is 7.45. The molecule has 0 radical (unpaired) electrons. The first kappa shape index (κ1) is 16.5. The van der Waals surface area contributed by atoms with Crippen LogP contribution >= 0.6 is 11.8 Å². The molecule has 0 saturated heterocycles. The van der Waals surface area contributed by atoms with Crippen LogP contribution < -0.4 is 10.0 Å². The van der Waals surface area contributed by atoms with E-state index in [2.05, 4.69) is 17.0 Å². The first-order valence-corrected chi connectivity index (χ1v) is 9.26. The van der Waals surface area contributed by atoms with Crippen molar-refractivity contribution in [3.05, 3.63) is 29.8 Å². The van der Waals surface area contributed by atoms with Gasteiger partial charge in [0, 0.05) is 18.8 Å². The maximum absolute atomic E-state index is 12.0. The van der Waals surface area contributed by atoms with Crippen LogP contribution in [0.4, 0.5) is 0 Å². The molecule has 0 saturated carbocycles. The third kappa shape index (κ3) is 5.95. The van der Waals surface area contributed by atoms with Crippen molar-refractivity contribution < 1.29 is 8.42 Å². The molecule has 0 aliphatic rings. The SMILES string of the molecule is CCCNCc1cccc(S(=O)(=O)NCCSC)c1. The first-order valence-electron chi connectivity index (χ1n) is 6.38. The summed E-state index contributed by atoms with van der Waals surface area (Å²) in [6, 6.07) is 7.07. The van der Waals surface area contributed by atoms with Crippen molar-refractivity contribution in [2.45, 2.75) is 24.8 Å². The first-order chi connectivity index (χ1) is 9.10. The van der Waals surface area contributed by atoms with Crippen molar-refractivity contribution in [1.29, 1.82) is 0 Å². The van der Waals surface area contributed by atoms with Crippen LogP contribution in [0.1, 0.15) is 18.9 Å². The Morgan fingerprint density at radius 2 is 2.05 bits per heavy atom. The zero-order valence-electron chi connectivity index (χ0n) is 11.5. The lowest BCUT2D eigenvalue weighted by atomic mass is 10.2. The molecular formula is C13H22N2O2S2. The summed E-state index contributed by atoms with van der Waals surface area (Å²) < 4.78 is 26.7. The van der Waals surface area contributed by atoms with Gasteiger partial charge in [-0.3, -0.25) is 0 Å². The minimum atomic E-state index is -3.38. The Morgan fingerprint density at radius 1 is 1.26 bits per heavy atom. The molecule has 0 fully saturated rings. The maximum atomic E-state index is 12.0. The van der Waals surface area contributed by atoms with Gasteiger partial charge in [-0.15, -0.1) is 0 Å². The van der Waals surface area contributed by atoms with E-state index >= 15 is 0 Å². The van der Waals surface area contributed by atoms with Crippen LogP contribution in [0.25, 0.3) is 0 Å². The van der Waals surface area contributed by atoms with Gasteiger partial charge in [-0.05, 0) is 36.9 Å². The molecule has 6 heteroatoms. The molecule has 0 aliphatic carbocycles. The lowest BCUT2D eigenvalue weighted by molar-refractivity contribution is 0.584. The number of nitrogens with one attached hydrogen (secondary N) is 2. The summed E-state index contributed by atoms with van der Waals surface area (Å²) in [4.78, 5) is 0.337. The van der Waals surface area contributed by atoms with Crippen LogP contribution in [0.2, 0.25) is 0 Å². The minimum Gasteiger partial charge on any atom is -0.313 e. The van der Waals surface area contributed by atoms with E-state index in [1.54, 1.807) is 30.0 Å².